The number of nitrogens with one attached hydrogen (secondary N) is 3. The summed E-state index contributed by atoms with van der Waals surface area (Å²) in [4.78, 5) is 2.50. The summed E-state index contributed by atoms with van der Waals surface area (Å²) in [5.74, 6) is 0. The van der Waals surface area contributed by atoms with Gasteiger partial charge in [-0.25, -0.2) is 0 Å². The molecule has 0 aromatic heterocycles. The quantitative estimate of drug-likeness (QED) is 0.633. The molecule has 2 fully saturated rings. The van der Waals surface area contributed by atoms with Crippen LogP contribution in [0.1, 0.15) is 19.3 Å². The van der Waals surface area contributed by atoms with Crippen molar-refractivity contribution in [2.75, 3.05) is 39.8 Å². The van der Waals surface area contributed by atoms with Gasteiger partial charge in [-0.3, -0.25) is 4.90 Å². The predicted octanol–water partition coefficient (Wildman–Crippen LogP) is 0.815. The van der Waals surface area contributed by atoms with Gasteiger partial charge in [0.1, 0.15) is 0 Å². The SMILES string of the molecule is CN/C=C(\C=N)CN1CCCC2(CCNC2)C1. The Morgan fingerprint density at radius 2 is 2.41 bits per heavy atom. The van der Waals surface area contributed by atoms with Gasteiger partial charge in [-0.05, 0) is 43.3 Å². The maximum atomic E-state index is 7.41. The van der Waals surface area contributed by atoms with Crippen LogP contribution < -0.4 is 10.6 Å². The molecular formula is C13H24N4. The second-order valence-electron chi connectivity index (χ2n) is 5.39. The Morgan fingerprint density at radius 1 is 1.53 bits per heavy atom. The zero-order valence-corrected chi connectivity index (χ0v) is 10.8. The summed E-state index contributed by atoms with van der Waals surface area (Å²) in [7, 11) is 1.89. The second kappa shape index (κ2) is 5.65. The van der Waals surface area contributed by atoms with E-state index in [4.69, 9.17) is 5.41 Å². The molecular weight excluding hydrogens is 212 g/mol. The van der Waals surface area contributed by atoms with Gasteiger partial charge in [0.05, 0.1) is 0 Å². The van der Waals surface area contributed by atoms with Gasteiger partial charge in [0.15, 0.2) is 0 Å². The van der Waals surface area contributed by atoms with Crippen molar-refractivity contribution in [3.8, 4) is 0 Å². The molecule has 1 atom stereocenters. The molecule has 17 heavy (non-hydrogen) atoms. The predicted molar refractivity (Wildman–Crippen MR) is 71.5 cm³/mol. The lowest BCUT2D eigenvalue weighted by Crippen LogP contribution is -2.45. The Hall–Kier alpha value is -0.870. The Kier molecular flexibility index (Phi) is 4.18. The normalized spacial score (nSPS) is 30.8. The van der Waals surface area contributed by atoms with Crippen LogP contribution in [0.15, 0.2) is 11.8 Å². The van der Waals surface area contributed by atoms with Crippen molar-refractivity contribution in [2.24, 2.45) is 5.41 Å². The van der Waals surface area contributed by atoms with E-state index in [-0.39, 0.29) is 0 Å². The van der Waals surface area contributed by atoms with E-state index in [0.717, 1.165) is 12.1 Å². The molecule has 0 radical (unpaired) electrons. The van der Waals surface area contributed by atoms with Crippen LogP contribution in [0.3, 0.4) is 0 Å². The third-order valence-corrected chi connectivity index (χ3v) is 3.99. The molecule has 0 aromatic rings. The van der Waals surface area contributed by atoms with E-state index in [1.807, 2.05) is 13.2 Å². The van der Waals surface area contributed by atoms with Crippen molar-refractivity contribution >= 4 is 6.21 Å². The topological polar surface area (TPSA) is 51.2 Å². The highest BCUT2D eigenvalue weighted by atomic mass is 15.2. The molecule has 0 saturated carbocycles. The average Bonchev–Trinajstić information content (AvgIpc) is 2.77. The fraction of sp³-hybridized carbons (Fsp3) is 0.769. The first-order valence-electron chi connectivity index (χ1n) is 6.58. The number of hydrogen-bond donors (Lipinski definition) is 3. The Labute approximate surface area is 104 Å². The number of hydrogen-bond acceptors (Lipinski definition) is 4. The lowest BCUT2D eigenvalue weighted by Gasteiger charge is -2.40. The van der Waals surface area contributed by atoms with Crippen LogP contribution in [0.5, 0.6) is 0 Å². The first-order chi connectivity index (χ1) is 8.28. The van der Waals surface area contributed by atoms with Gasteiger partial charge in [-0.1, -0.05) is 0 Å². The van der Waals surface area contributed by atoms with Crippen molar-refractivity contribution in [1.29, 1.82) is 5.41 Å². The van der Waals surface area contributed by atoms with E-state index < -0.39 is 0 Å². The first kappa shape index (κ1) is 12.6. The van der Waals surface area contributed by atoms with Crippen LogP contribution in [0.2, 0.25) is 0 Å². The summed E-state index contributed by atoms with van der Waals surface area (Å²) in [6.07, 6.45) is 7.38. The minimum Gasteiger partial charge on any atom is -0.394 e. The maximum absolute atomic E-state index is 7.41. The van der Waals surface area contributed by atoms with Crippen molar-refractivity contribution in [2.45, 2.75) is 19.3 Å². The van der Waals surface area contributed by atoms with Gasteiger partial charge in [0.25, 0.3) is 0 Å². The van der Waals surface area contributed by atoms with E-state index in [1.54, 1.807) is 0 Å². The summed E-state index contributed by atoms with van der Waals surface area (Å²) in [5.41, 5.74) is 1.58. The molecule has 2 saturated heterocycles. The fourth-order valence-electron chi connectivity index (χ4n) is 3.17. The highest BCUT2D eigenvalue weighted by Crippen LogP contribution is 2.35. The van der Waals surface area contributed by atoms with Crippen molar-refractivity contribution in [1.82, 2.24) is 15.5 Å². The third-order valence-electron chi connectivity index (χ3n) is 3.99. The molecule has 3 N–H and O–H groups in total. The van der Waals surface area contributed by atoms with Gasteiger partial charge in [0, 0.05) is 39.1 Å². The molecule has 1 spiro atoms. The molecule has 2 rings (SSSR count). The zero-order valence-electron chi connectivity index (χ0n) is 10.8. The number of nitrogens with zero attached hydrogens (tertiary/aromatic N) is 1. The first-order valence-corrected chi connectivity index (χ1v) is 6.58. The molecule has 0 bridgehead atoms. The fourth-order valence-corrected chi connectivity index (χ4v) is 3.17. The van der Waals surface area contributed by atoms with Crippen LogP contribution >= 0.6 is 0 Å². The molecule has 2 heterocycles. The van der Waals surface area contributed by atoms with E-state index in [2.05, 4.69) is 15.5 Å². The summed E-state index contributed by atoms with van der Waals surface area (Å²) >= 11 is 0. The van der Waals surface area contributed by atoms with Gasteiger partial charge in [0.2, 0.25) is 0 Å². The third kappa shape index (κ3) is 3.07. The maximum Gasteiger partial charge on any atom is 0.0263 e. The van der Waals surface area contributed by atoms with Crippen LogP contribution in [0.4, 0.5) is 0 Å². The Balaban J connectivity index is 1.93. The number of likely N-dealkylation sites (tertiary alicyclic amines) is 1. The summed E-state index contributed by atoms with van der Waals surface area (Å²) in [6.45, 7) is 5.63. The molecule has 96 valence electrons. The molecule has 4 heteroatoms. The highest BCUT2D eigenvalue weighted by Gasteiger charge is 2.37. The standard InChI is InChI=1S/C13H24N4/c1-15-8-12(7-14)9-17-6-2-3-13(11-17)4-5-16-10-13/h7-8,14-16H,2-6,9-11H2,1H3/b12-8+,14-7?. The number of piperidine rings is 1. The molecule has 2 aliphatic rings. The average molecular weight is 236 g/mol. The minimum absolute atomic E-state index is 0.519. The van der Waals surface area contributed by atoms with Gasteiger partial charge in [-0.2, -0.15) is 0 Å². The van der Waals surface area contributed by atoms with Crippen LogP contribution in [0.25, 0.3) is 0 Å². The summed E-state index contributed by atoms with van der Waals surface area (Å²) < 4.78 is 0. The second-order valence-corrected chi connectivity index (χ2v) is 5.39. The van der Waals surface area contributed by atoms with Crippen molar-refractivity contribution in [3.05, 3.63) is 11.8 Å². The van der Waals surface area contributed by atoms with E-state index >= 15 is 0 Å². The monoisotopic (exact) mass is 236 g/mol. The van der Waals surface area contributed by atoms with Gasteiger partial charge < -0.3 is 16.0 Å². The Bertz CT molecular complexity index is 292. The van der Waals surface area contributed by atoms with Crippen LogP contribution in [-0.4, -0.2) is 50.9 Å². The number of rotatable bonds is 4. The lowest BCUT2D eigenvalue weighted by molar-refractivity contribution is 0.113. The van der Waals surface area contributed by atoms with Gasteiger partial charge >= 0.3 is 0 Å². The van der Waals surface area contributed by atoms with Crippen LogP contribution in [-0.2, 0) is 0 Å². The molecule has 0 amide bonds. The van der Waals surface area contributed by atoms with Gasteiger partial charge in [-0.15, -0.1) is 0 Å². The van der Waals surface area contributed by atoms with Crippen molar-refractivity contribution in [3.63, 3.8) is 0 Å². The van der Waals surface area contributed by atoms with E-state index in [1.165, 1.54) is 51.7 Å². The lowest BCUT2D eigenvalue weighted by atomic mass is 9.79. The largest absolute Gasteiger partial charge is 0.394 e. The van der Waals surface area contributed by atoms with E-state index in [9.17, 15) is 0 Å². The molecule has 1 unspecified atom stereocenters. The molecule has 0 aromatic carbocycles. The Morgan fingerprint density at radius 3 is 3.06 bits per heavy atom. The molecule has 4 nitrogen and oxygen atoms in total. The summed E-state index contributed by atoms with van der Waals surface area (Å²) in [6, 6.07) is 0. The highest BCUT2D eigenvalue weighted by molar-refractivity contribution is 5.76. The minimum atomic E-state index is 0.519. The molecule has 2 aliphatic heterocycles. The zero-order chi connectivity index (χ0) is 12.1. The van der Waals surface area contributed by atoms with Crippen LogP contribution in [0, 0.1) is 10.8 Å². The summed E-state index contributed by atoms with van der Waals surface area (Å²) in [5, 5.41) is 13.9. The van der Waals surface area contributed by atoms with Crippen molar-refractivity contribution < 1.29 is 0 Å². The smallest absolute Gasteiger partial charge is 0.0263 e. The van der Waals surface area contributed by atoms with E-state index in [0.29, 0.717) is 5.41 Å². The molecule has 0 aliphatic carbocycles.